The summed E-state index contributed by atoms with van der Waals surface area (Å²) in [6.07, 6.45) is 0.664. The lowest BCUT2D eigenvalue weighted by atomic mass is 10.1. The highest BCUT2D eigenvalue weighted by Crippen LogP contribution is 2.29. The van der Waals surface area contributed by atoms with Gasteiger partial charge in [-0.05, 0) is 38.5 Å². The Morgan fingerprint density at radius 2 is 1.62 bits per heavy atom. The Morgan fingerprint density at radius 3 is 2.23 bits per heavy atom. The van der Waals surface area contributed by atoms with E-state index < -0.39 is 0 Å². The number of benzene rings is 2. The van der Waals surface area contributed by atoms with E-state index in [1.54, 1.807) is 14.2 Å². The van der Waals surface area contributed by atoms with Crippen LogP contribution in [-0.2, 0) is 12.0 Å². The number of rotatable bonds is 5. The van der Waals surface area contributed by atoms with E-state index in [0.717, 1.165) is 34.3 Å². The predicted octanol–water partition coefficient (Wildman–Crippen LogP) is 4.31. The number of nitrogens with zero attached hydrogens (tertiary/aromatic N) is 3. The second kappa shape index (κ2) is 7.20. The Kier molecular flexibility index (Phi) is 4.98. The molecular formula is C21H25N3O2. The molecule has 0 radical (unpaired) electrons. The average Bonchev–Trinajstić information content (AvgIpc) is 3.06. The number of methoxy groups -OCH3 is 2. The van der Waals surface area contributed by atoms with Gasteiger partial charge in [-0.3, -0.25) is 0 Å². The van der Waals surface area contributed by atoms with E-state index in [2.05, 4.69) is 20.8 Å². The van der Waals surface area contributed by atoms with Gasteiger partial charge in [-0.2, -0.15) is 5.10 Å². The Hall–Kier alpha value is -2.82. The fourth-order valence-corrected chi connectivity index (χ4v) is 2.88. The second-order valence-corrected chi connectivity index (χ2v) is 7.17. The summed E-state index contributed by atoms with van der Waals surface area (Å²) < 4.78 is 12.7. The molecule has 0 aliphatic heterocycles. The van der Waals surface area contributed by atoms with Crippen molar-refractivity contribution < 1.29 is 9.47 Å². The zero-order chi connectivity index (χ0) is 18.7. The molecule has 3 aromatic rings. The molecule has 1 heterocycles. The molecule has 0 saturated heterocycles. The van der Waals surface area contributed by atoms with E-state index in [1.165, 1.54) is 0 Å². The molecule has 0 aliphatic carbocycles. The summed E-state index contributed by atoms with van der Waals surface area (Å²) in [6.45, 7) is 6.40. The first kappa shape index (κ1) is 18.0. The molecule has 0 spiro atoms. The molecule has 2 aromatic carbocycles. The van der Waals surface area contributed by atoms with Crippen molar-refractivity contribution in [2.24, 2.45) is 0 Å². The average molecular weight is 351 g/mol. The van der Waals surface area contributed by atoms with Crippen molar-refractivity contribution in [3.8, 4) is 22.9 Å². The van der Waals surface area contributed by atoms with Crippen LogP contribution in [0.1, 0.15) is 32.2 Å². The van der Waals surface area contributed by atoms with Crippen molar-refractivity contribution in [3.63, 3.8) is 0 Å². The lowest BCUT2D eigenvalue weighted by molar-refractivity contribution is 0.343. The molecule has 1 aromatic heterocycles. The first-order valence-electron chi connectivity index (χ1n) is 8.65. The SMILES string of the molecule is COc1ccc(Cc2nc(-c3ccccc3)nn2C(C)(C)C)cc1OC. The lowest BCUT2D eigenvalue weighted by Gasteiger charge is -2.21. The maximum absolute atomic E-state index is 5.42. The lowest BCUT2D eigenvalue weighted by Crippen LogP contribution is -2.25. The van der Waals surface area contributed by atoms with Crippen molar-refractivity contribution in [1.29, 1.82) is 0 Å². The van der Waals surface area contributed by atoms with Gasteiger partial charge in [0.05, 0.1) is 19.8 Å². The van der Waals surface area contributed by atoms with Gasteiger partial charge in [-0.1, -0.05) is 36.4 Å². The van der Waals surface area contributed by atoms with Crippen LogP contribution < -0.4 is 9.47 Å². The quantitative estimate of drug-likeness (QED) is 0.687. The standard InChI is InChI=1S/C21H25N3O2/c1-21(2,3)24-19(22-20(23-24)16-9-7-6-8-10-16)14-15-11-12-17(25-4)18(13-15)26-5/h6-13H,14H2,1-5H3. The van der Waals surface area contributed by atoms with Crippen LogP contribution in [0.15, 0.2) is 48.5 Å². The highest BCUT2D eigenvalue weighted by Gasteiger charge is 2.22. The third kappa shape index (κ3) is 3.72. The highest BCUT2D eigenvalue weighted by atomic mass is 16.5. The maximum Gasteiger partial charge on any atom is 0.181 e. The van der Waals surface area contributed by atoms with Crippen LogP contribution >= 0.6 is 0 Å². The molecule has 0 N–H and O–H groups in total. The fourth-order valence-electron chi connectivity index (χ4n) is 2.88. The number of hydrogen-bond acceptors (Lipinski definition) is 4. The molecule has 5 heteroatoms. The Bertz CT molecular complexity index is 880. The van der Waals surface area contributed by atoms with Crippen molar-refractivity contribution in [3.05, 3.63) is 59.9 Å². The molecular weight excluding hydrogens is 326 g/mol. The van der Waals surface area contributed by atoms with E-state index in [0.29, 0.717) is 6.42 Å². The van der Waals surface area contributed by atoms with Crippen LogP contribution in [0.2, 0.25) is 0 Å². The molecule has 136 valence electrons. The zero-order valence-electron chi connectivity index (χ0n) is 16.0. The fraction of sp³-hybridized carbons (Fsp3) is 0.333. The van der Waals surface area contributed by atoms with Crippen LogP contribution in [0, 0.1) is 0 Å². The number of aromatic nitrogens is 3. The van der Waals surface area contributed by atoms with Gasteiger partial charge in [-0.15, -0.1) is 0 Å². The normalized spacial score (nSPS) is 11.4. The molecule has 26 heavy (non-hydrogen) atoms. The van der Waals surface area contributed by atoms with Gasteiger partial charge in [-0.25, -0.2) is 9.67 Å². The number of ether oxygens (including phenoxy) is 2. The van der Waals surface area contributed by atoms with E-state index in [-0.39, 0.29) is 5.54 Å². The van der Waals surface area contributed by atoms with Crippen LogP contribution in [-0.4, -0.2) is 29.0 Å². The van der Waals surface area contributed by atoms with Gasteiger partial charge >= 0.3 is 0 Å². The van der Waals surface area contributed by atoms with Crippen molar-refractivity contribution in [2.75, 3.05) is 14.2 Å². The Morgan fingerprint density at radius 1 is 0.923 bits per heavy atom. The Balaban J connectivity index is 2.00. The van der Waals surface area contributed by atoms with Gasteiger partial charge in [0.1, 0.15) is 5.82 Å². The molecule has 0 aliphatic rings. The molecule has 0 fully saturated rings. The third-order valence-corrected chi connectivity index (χ3v) is 4.15. The van der Waals surface area contributed by atoms with Crippen LogP contribution in [0.25, 0.3) is 11.4 Å². The smallest absolute Gasteiger partial charge is 0.181 e. The minimum Gasteiger partial charge on any atom is -0.493 e. The Labute approximate surface area is 154 Å². The minimum atomic E-state index is -0.161. The predicted molar refractivity (Wildman–Crippen MR) is 103 cm³/mol. The number of hydrogen-bond donors (Lipinski definition) is 0. The van der Waals surface area contributed by atoms with Gasteiger partial charge in [0.15, 0.2) is 17.3 Å². The highest BCUT2D eigenvalue weighted by molar-refractivity contribution is 5.54. The van der Waals surface area contributed by atoms with Gasteiger partial charge in [0.25, 0.3) is 0 Å². The summed E-state index contributed by atoms with van der Waals surface area (Å²) in [7, 11) is 3.28. The van der Waals surface area contributed by atoms with Crippen molar-refractivity contribution in [1.82, 2.24) is 14.8 Å². The largest absolute Gasteiger partial charge is 0.493 e. The molecule has 0 amide bonds. The van der Waals surface area contributed by atoms with Gasteiger partial charge in [0.2, 0.25) is 0 Å². The summed E-state index contributed by atoms with van der Waals surface area (Å²) >= 11 is 0. The van der Waals surface area contributed by atoms with E-state index >= 15 is 0 Å². The van der Waals surface area contributed by atoms with Gasteiger partial charge < -0.3 is 9.47 Å². The third-order valence-electron chi connectivity index (χ3n) is 4.15. The summed E-state index contributed by atoms with van der Waals surface area (Å²) in [5, 5.41) is 4.77. The summed E-state index contributed by atoms with van der Waals surface area (Å²) in [4.78, 5) is 4.82. The maximum atomic E-state index is 5.42. The first-order chi connectivity index (χ1) is 12.4. The van der Waals surface area contributed by atoms with Gasteiger partial charge in [0, 0.05) is 12.0 Å². The van der Waals surface area contributed by atoms with Crippen LogP contribution in [0.5, 0.6) is 11.5 Å². The van der Waals surface area contributed by atoms with E-state index in [1.807, 2.05) is 53.2 Å². The van der Waals surface area contributed by atoms with E-state index in [4.69, 9.17) is 19.6 Å². The van der Waals surface area contributed by atoms with E-state index in [9.17, 15) is 0 Å². The summed E-state index contributed by atoms with van der Waals surface area (Å²) in [5.41, 5.74) is 1.95. The molecule has 0 bridgehead atoms. The van der Waals surface area contributed by atoms with Crippen LogP contribution in [0.4, 0.5) is 0 Å². The summed E-state index contributed by atoms with van der Waals surface area (Å²) in [5.74, 6) is 3.10. The van der Waals surface area contributed by atoms with Crippen LogP contribution in [0.3, 0.4) is 0 Å². The topological polar surface area (TPSA) is 49.2 Å². The summed E-state index contributed by atoms with van der Waals surface area (Å²) in [6, 6.07) is 16.0. The van der Waals surface area contributed by atoms with Crippen molar-refractivity contribution in [2.45, 2.75) is 32.7 Å². The first-order valence-corrected chi connectivity index (χ1v) is 8.65. The molecule has 0 atom stereocenters. The van der Waals surface area contributed by atoms with Crippen molar-refractivity contribution >= 4 is 0 Å². The molecule has 3 rings (SSSR count). The molecule has 5 nitrogen and oxygen atoms in total. The monoisotopic (exact) mass is 351 g/mol. The molecule has 0 unspecified atom stereocenters. The zero-order valence-corrected chi connectivity index (χ0v) is 16.0. The second-order valence-electron chi connectivity index (χ2n) is 7.17. The molecule has 0 saturated carbocycles. The minimum absolute atomic E-state index is 0.161.